The number of rotatable bonds is 10. The van der Waals surface area contributed by atoms with Crippen LogP contribution in [0.4, 0.5) is 0 Å². The lowest BCUT2D eigenvalue weighted by atomic mass is 10.1. The van der Waals surface area contributed by atoms with Crippen molar-refractivity contribution in [3.05, 3.63) is 84.1 Å². The Morgan fingerprint density at radius 1 is 0.725 bits per heavy atom. The molecule has 6 heteroatoms. The van der Waals surface area contributed by atoms with Crippen LogP contribution >= 0.6 is 0 Å². The first-order chi connectivity index (χ1) is 19.1. The van der Waals surface area contributed by atoms with E-state index in [2.05, 4.69) is 115 Å². The molecule has 0 aromatic carbocycles. The predicted molar refractivity (Wildman–Crippen MR) is 180 cm³/mol. The molecule has 1 aliphatic rings. The van der Waals surface area contributed by atoms with E-state index in [4.69, 9.17) is 8.85 Å². The first-order valence-corrected chi connectivity index (χ1v) is 20.5. The summed E-state index contributed by atoms with van der Waals surface area (Å²) in [7, 11) is -3.83. The smallest absolute Gasteiger partial charge is 0.244 e. The largest absolute Gasteiger partial charge is 0.408 e. The van der Waals surface area contributed by atoms with Gasteiger partial charge in [-0.05, 0) is 63.5 Å². The zero-order chi connectivity index (χ0) is 30.0. The van der Waals surface area contributed by atoms with Crippen LogP contribution in [0.15, 0.2) is 84.1 Å². The van der Waals surface area contributed by atoms with Crippen molar-refractivity contribution in [1.82, 2.24) is 5.32 Å². The van der Waals surface area contributed by atoms with Gasteiger partial charge in [-0.2, -0.15) is 0 Å². The zero-order valence-corrected chi connectivity index (χ0v) is 28.8. The van der Waals surface area contributed by atoms with E-state index in [0.29, 0.717) is 0 Å². The van der Waals surface area contributed by atoms with Gasteiger partial charge in [-0.15, -0.1) is 0 Å². The fourth-order valence-corrected chi connectivity index (χ4v) is 10.5. The van der Waals surface area contributed by atoms with Crippen LogP contribution in [0.3, 0.4) is 0 Å². The van der Waals surface area contributed by atoms with Crippen molar-refractivity contribution in [1.29, 1.82) is 0 Å². The average Bonchev–Trinajstić information content (AvgIpc) is 2.95. The summed E-state index contributed by atoms with van der Waals surface area (Å²) in [5.41, 5.74) is 2.26. The Labute approximate surface area is 248 Å². The fraction of sp³-hybridized carbons (Fsp3) is 0.559. The van der Waals surface area contributed by atoms with Crippen molar-refractivity contribution in [3.8, 4) is 0 Å². The molecule has 0 saturated carbocycles. The van der Waals surface area contributed by atoms with Gasteiger partial charge in [-0.3, -0.25) is 4.79 Å². The van der Waals surface area contributed by atoms with Crippen LogP contribution in [0, 0.1) is 0 Å². The summed E-state index contributed by atoms with van der Waals surface area (Å²) in [6.45, 7) is 19.9. The molecule has 1 heterocycles. The summed E-state index contributed by atoms with van der Waals surface area (Å²) in [6.07, 6.45) is 24.9. The minimum atomic E-state index is -1.92. The van der Waals surface area contributed by atoms with Crippen LogP contribution in [0.5, 0.6) is 0 Å². The second-order valence-electron chi connectivity index (χ2n) is 11.0. The van der Waals surface area contributed by atoms with Crippen LogP contribution in [0.25, 0.3) is 0 Å². The van der Waals surface area contributed by atoms with Crippen molar-refractivity contribution >= 4 is 22.5 Å². The number of amides is 1. The second kappa shape index (κ2) is 19.2. The predicted octanol–water partition coefficient (Wildman–Crippen LogP) is 9.35. The first-order valence-electron chi connectivity index (χ1n) is 15.5. The van der Waals surface area contributed by atoms with Gasteiger partial charge in [0.15, 0.2) is 16.6 Å². The Bertz CT molecular complexity index is 949. The maximum Gasteiger partial charge on any atom is 0.244 e. The minimum Gasteiger partial charge on any atom is -0.408 e. The number of carbonyl (C=O) groups excluding carboxylic acids is 1. The van der Waals surface area contributed by atoms with Crippen LogP contribution in [-0.2, 0) is 13.6 Å². The molecule has 0 bridgehead atoms. The van der Waals surface area contributed by atoms with Crippen LogP contribution in [-0.4, -0.2) is 40.8 Å². The molecular weight excluding hydrogens is 527 g/mol. The SMILES string of the molecule is CC[Si](CC)(CC)O[C@H]1\C=C/C=C/C(C)=C/C=C/C[C@H](C)NC(=O)/C=C/C=C/C(C)=C/[C@H]1O[Si](CC)(CC)CC. The molecule has 0 aliphatic carbocycles. The average molecular weight is 584 g/mol. The van der Waals surface area contributed by atoms with Crippen molar-refractivity contribution in [2.24, 2.45) is 0 Å². The molecule has 40 heavy (non-hydrogen) atoms. The third-order valence-corrected chi connectivity index (χ3v) is 17.5. The van der Waals surface area contributed by atoms with Gasteiger partial charge in [0.25, 0.3) is 0 Å². The van der Waals surface area contributed by atoms with Gasteiger partial charge < -0.3 is 14.2 Å². The lowest BCUT2D eigenvalue weighted by Crippen LogP contribution is -2.48. The summed E-state index contributed by atoms with van der Waals surface area (Å²) in [6, 6.07) is 6.59. The van der Waals surface area contributed by atoms with E-state index in [-0.39, 0.29) is 24.2 Å². The Balaban J connectivity index is 3.66. The van der Waals surface area contributed by atoms with E-state index in [1.165, 1.54) is 0 Å². The standard InChI is InChI=1S/C34H57NO3Si2/c1-10-39(11-2,12-3)37-32-26-20-17-23-29(7)22-16-19-25-31(9)35-34(36)27-21-18-24-30(8)28-33(32)38-40(13-4,14-5)15-6/h16-24,26-28,31-33H,10-15,25H2,1-9H3,(H,35,36)/b19-16+,23-17+,24-18+,26-20-,27-21+,29-22+,30-28+/t31-,32-,33+/m0/s1. The molecule has 1 N–H and O–H groups in total. The lowest BCUT2D eigenvalue weighted by Gasteiger charge is -2.39. The topological polar surface area (TPSA) is 47.6 Å². The molecular formula is C34H57NO3Si2. The van der Waals surface area contributed by atoms with E-state index < -0.39 is 16.6 Å². The Morgan fingerprint density at radius 2 is 1.23 bits per heavy atom. The molecule has 1 aliphatic heterocycles. The van der Waals surface area contributed by atoms with E-state index in [1.807, 2.05) is 13.0 Å². The van der Waals surface area contributed by atoms with Gasteiger partial charge in [0.2, 0.25) is 5.91 Å². The van der Waals surface area contributed by atoms with E-state index >= 15 is 0 Å². The van der Waals surface area contributed by atoms with Gasteiger partial charge in [0, 0.05) is 12.1 Å². The Hall–Kier alpha value is -2.00. The summed E-state index contributed by atoms with van der Waals surface area (Å²) in [5.74, 6) is -0.0827. The summed E-state index contributed by atoms with van der Waals surface area (Å²) in [5, 5.41) is 3.02. The third-order valence-electron chi connectivity index (χ3n) is 8.25. The van der Waals surface area contributed by atoms with Crippen molar-refractivity contribution in [2.45, 2.75) is 123 Å². The van der Waals surface area contributed by atoms with E-state index in [1.54, 1.807) is 12.2 Å². The van der Waals surface area contributed by atoms with Gasteiger partial charge in [-0.1, -0.05) is 120 Å². The fourth-order valence-electron chi connectivity index (χ4n) is 4.94. The monoisotopic (exact) mass is 583 g/mol. The Morgan fingerprint density at radius 3 is 1.80 bits per heavy atom. The Kier molecular flexibility index (Phi) is 17.3. The van der Waals surface area contributed by atoms with E-state index in [0.717, 1.165) is 53.8 Å². The molecule has 0 fully saturated rings. The van der Waals surface area contributed by atoms with Crippen molar-refractivity contribution < 1.29 is 13.6 Å². The molecule has 3 atom stereocenters. The molecule has 1 rings (SSSR count). The normalized spacial score (nSPS) is 28.7. The van der Waals surface area contributed by atoms with Gasteiger partial charge in [0.05, 0.1) is 12.2 Å². The number of allylic oxidation sites excluding steroid dienone is 10. The highest BCUT2D eigenvalue weighted by molar-refractivity contribution is 6.74. The summed E-state index contributed by atoms with van der Waals surface area (Å²) >= 11 is 0. The van der Waals surface area contributed by atoms with Crippen LogP contribution in [0.1, 0.15) is 68.7 Å². The third kappa shape index (κ3) is 12.7. The molecule has 1 amide bonds. The molecule has 0 radical (unpaired) electrons. The molecule has 0 saturated heterocycles. The van der Waals surface area contributed by atoms with Crippen molar-refractivity contribution in [2.75, 3.05) is 0 Å². The maximum absolute atomic E-state index is 12.3. The van der Waals surface area contributed by atoms with Crippen LogP contribution in [0.2, 0.25) is 36.3 Å². The minimum absolute atomic E-state index is 0.0665. The zero-order valence-electron chi connectivity index (χ0n) is 26.8. The van der Waals surface area contributed by atoms with Gasteiger partial charge >= 0.3 is 0 Å². The molecule has 0 spiro atoms. The molecule has 224 valence electrons. The highest BCUT2D eigenvalue weighted by atomic mass is 28.4. The molecule has 0 unspecified atom stereocenters. The van der Waals surface area contributed by atoms with Crippen molar-refractivity contribution in [3.63, 3.8) is 0 Å². The first kappa shape index (κ1) is 36.0. The molecule has 0 aromatic heterocycles. The number of hydrogen-bond donors (Lipinski definition) is 1. The second-order valence-corrected chi connectivity index (χ2v) is 20.5. The molecule has 4 nitrogen and oxygen atoms in total. The van der Waals surface area contributed by atoms with E-state index in [9.17, 15) is 4.79 Å². The highest BCUT2D eigenvalue weighted by Gasteiger charge is 2.38. The number of carbonyl (C=O) groups is 1. The van der Waals surface area contributed by atoms with Crippen LogP contribution < -0.4 is 5.32 Å². The van der Waals surface area contributed by atoms with Gasteiger partial charge in [0.1, 0.15) is 0 Å². The lowest BCUT2D eigenvalue weighted by molar-refractivity contribution is -0.117. The quantitative estimate of drug-likeness (QED) is 0.261. The number of nitrogens with one attached hydrogen (secondary N) is 1. The summed E-state index contributed by atoms with van der Waals surface area (Å²) < 4.78 is 14.3. The maximum atomic E-state index is 12.3. The number of hydrogen-bond acceptors (Lipinski definition) is 3. The highest BCUT2D eigenvalue weighted by Crippen LogP contribution is 2.30. The summed E-state index contributed by atoms with van der Waals surface area (Å²) in [4.78, 5) is 12.3. The molecule has 0 aromatic rings. The van der Waals surface area contributed by atoms with Gasteiger partial charge in [-0.25, -0.2) is 0 Å².